The molecule has 0 bridgehead atoms. The van der Waals surface area contributed by atoms with Crippen LogP contribution in [0.25, 0.3) is 0 Å². The molecular formula is C32H50O11Si. The van der Waals surface area contributed by atoms with Crippen molar-refractivity contribution in [2.75, 3.05) is 69.5 Å². The van der Waals surface area contributed by atoms with Crippen LogP contribution in [0.2, 0.25) is 5.04 Å². The normalized spacial score (nSPS) is 24.5. The molecule has 2 aromatic rings. The van der Waals surface area contributed by atoms with Gasteiger partial charge in [0.25, 0.3) is 8.32 Å². The Morgan fingerprint density at radius 2 is 0.818 bits per heavy atom. The van der Waals surface area contributed by atoms with Crippen LogP contribution in [0.3, 0.4) is 0 Å². The van der Waals surface area contributed by atoms with Crippen LogP contribution in [0.1, 0.15) is 20.3 Å². The van der Waals surface area contributed by atoms with Crippen LogP contribution in [0, 0.1) is 5.92 Å². The van der Waals surface area contributed by atoms with Gasteiger partial charge in [-0.3, -0.25) is 0 Å². The maximum atomic E-state index is 13.0. The molecule has 3 rings (SSSR count). The van der Waals surface area contributed by atoms with Crippen molar-refractivity contribution in [1.29, 1.82) is 0 Å². The van der Waals surface area contributed by atoms with E-state index in [1.807, 2.05) is 60.7 Å². The van der Waals surface area contributed by atoms with Crippen molar-refractivity contribution in [1.82, 2.24) is 0 Å². The summed E-state index contributed by atoms with van der Waals surface area (Å²) in [5.74, 6) is -0.396. The molecule has 4 atom stereocenters. The van der Waals surface area contributed by atoms with Crippen molar-refractivity contribution in [3.63, 3.8) is 0 Å². The molecule has 2 unspecified atom stereocenters. The molecule has 0 aliphatic heterocycles. The van der Waals surface area contributed by atoms with Gasteiger partial charge in [0.05, 0.1) is 12.2 Å². The number of methoxy groups -OCH3 is 5. The molecule has 1 N–H and O–H groups in total. The van der Waals surface area contributed by atoms with Crippen LogP contribution < -0.4 is 10.4 Å². The maximum absolute atomic E-state index is 13.0. The Morgan fingerprint density at radius 3 is 1.14 bits per heavy atom. The van der Waals surface area contributed by atoms with Gasteiger partial charge in [-0.25, -0.2) is 0 Å². The van der Waals surface area contributed by atoms with Crippen molar-refractivity contribution in [2.45, 2.75) is 55.8 Å². The Kier molecular flexibility index (Phi) is 15.3. The Hall–Kier alpha value is -1.78. The summed E-state index contributed by atoms with van der Waals surface area (Å²) in [6, 6.07) is 19.8. The largest absolute Gasteiger partial charge is 0.424 e. The standard InChI is InChI=1S/C32H50O11Si/c1-32(2,44(33,24-14-10-8-11-15-24)25-16-12-9-13-17-25)18-26-27(39-19-34-3)29(41-21-36-5)31(43-23-38-7)30(42-22-37-6)28(26)40-20-35-4/h8-17,26-31,33H,18-23H2,1-7H3/t26-,27-,28-,29?,30?,31-/m0/s1. The van der Waals surface area contributed by atoms with Gasteiger partial charge in [-0.1, -0.05) is 74.5 Å². The summed E-state index contributed by atoms with van der Waals surface area (Å²) in [4.78, 5) is 13.0. The van der Waals surface area contributed by atoms with E-state index in [0.717, 1.165) is 10.4 Å². The average Bonchev–Trinajstić information content (AvgIpc) is 3.04. The lowest BCUT2D eigenvalue weighted by Gasteiger charge is -2.52. The van der Waals surface area contributed by atoms with E-state index in [4.69, 9.17) is 47.4 Å². The first kappa shape index (κ1) is 36.7. The zero-order chi connectivity index (χ0) is 32.0. The van der Waals surface area contributed by atoms with Crippen molar-refractivity contribution in [3.05, 3.63) is 60.7 Å². The van der Waals surface area contributed by atoms with E-state index in [1.165, 1.54) is 0 Å². The summed E-state index contributed by atoms with van der Waals surface area (Å²) in [6.45, 7) is 4.12. The molecule has 0 amide bonds. The lowest BCUT2D eigenvalue weighted by atomic mass is 9.74. The molecule has 1 fully saturated rings. The summed E-state index contributed by atoms with van der Waals surface area (Å²) in [5.41, 5.74) is 0. The van der Waals surface area contributed by atoms with Gasteiger partial charge in [0.2, 0.25) is 0 Å². The number of hydrogen-bond donors (Lipinski definition) is 1. The summed E-state index contributed by atoms with van der Waals surface area (Å²) in [5, 5.41) is 1.13. The molecule has 0 spiro atoms. The first-order valence-electron chi connectivity index (χ1n) is 14.7. The van der Waals surface area contributed by atoms with Gasteiger partial charge in [0.1, 0.15) is 52.3 Å². The second-order valence-electron chi connectivity index (χ2n) is 11.4. The lowest BCUT2D eigenvalue weighted by molar-refractivity contribution is -0.305. The lowest BCUT2D eigenvalue weighted by Crippen LogP contribution is -2.69. The van der Waals surface area contributed by atoms with Crippen LogP contribution in [0.4, 0.5) is 0 Å². The van der Waals surface area contributed by atoms with Gasteiger partial charge in [0, 0.05) is 41.5 Å². The average molecular weight is 639 g/mol. The van der Waals surface area contributed by atoms with E-state index in [-0.39, 0.29) is 34.0 Å². The highest BCUT2D eigenvalue weighted by molar-refractivity contribution is 6.98. The zero-order valence-corrected chi connectivity index (χ0v) is 28.0. The molecule has 1 saturated carbocycles. The highest BCUT2D eigenvalue weighted by Crippen LogP contribution is 2.47. The van der Waals surface area contributed by atoms with Gasteiger partial charge in [-0.05, 0) is 21.8 Å². The summed E-state index contributed by atoms with van der Waals surface area (Å²) in [7, 11) is 4.34. The van der Waals surface area contributed by atoms with Crippen LogP contribution in [0.5, 0.6) is 0 Å². The third kappa shape index (κ3) is 8.72. The molecular weight excluding hydrogens is 588 g/mol. The highest BCUT2D eigenvalue weighted by Gasteiger charge is 2.59. The molecule has 12 heteroatoms. The molecule has 0 saturated heterocycles. The first-order chi connectivity index (χ1) is 21.3. The predicted octanol–water partition coefficient (Wildman–Crippen LogP) is 2.48. The topological polar surface area (TPSA) is 113 Å². The minimum atomic E-state index is -3.42. The number of hydrogen-bond acceptors (Lipinski definition) is 11. The quantitative estimate of drug-likeness (QED) is 0.171. The van der Waals surface area contributed by atoms with Crippen LogP contribution >= 0.6 is 0 Å². The summed E-state index contributed by atoms with van der Waals surface area (Å²) in [6.07, 6.45) is -2.87. The zero-order valence-electron chi connectivity index (χ0n) is 27.0. The van der Waals surface area contributed by atoms with Gasteiger partial charge in [0.15, 0.2) is 0 Å². The molecule has 1 aliphatic rings. The van der Waals surface area contributed by atoms with Gasteiger partial charge >= 0.3 is 0 Å². The minimum Gasteiger partial charge on any atom is -0.424 e. The van der Waals surface area contributed by atoms with Crippen molar-refractivity contribution in [2.24, 2.45) is 5.92 Å². The molecule has 11 nitrogen and oxygen atoms in total. The number of ether oxygens (including phenoxy) is 10. The van der Waals surface area contributed by atoms with Crippen molar-refractivity contribution < 1.29 is 52.2 Å². The fraction of sp³-hybridized carbons (Fsp3) is 0.625. The second kappa shape index (κ2) is 18.4. The summed E-state index contributed by atoms with van der Waals surface area (Å²) >= 11 is 0. The molecule has 2 aromatic carbocycles. The molecule has 248 valence electrons. The highest BCUT2D eigenvalue weighted by atomic mass is 28.4. The minimum absolute atomic E-state index is 0.00883. The third-order valence-corrected chi connectivity index (χ3v) is 12.6. The smallest absolute Gasteiger partial charge is 0.258 e. The van der Waals surface area contributed by atoms with E-state index in [2.05, 4.69) is 13.8 Å². The Bertz CT molecular complexity index is 978. The Labute approximate surface area is 262 Å². The Morgan fingerprint density at radius 1 is 0.523 bits per heavy atom. The third-order valence-electron chi connectivity index (χ3n) is 8.14. The number of benzene rings is 2. The first-order valence-corrected chi connectivity index (χ1v) is 16.6. The van der Waals surface area contributed by atoms with E-state index in [1.54, 1.807) is 35.5 Å². The van der Waals surface area contributed by atoms with Gasteiger partial charge in [-0.2, -0.15) is 0 Å². The Balaban J connectivity index is 2.19. The predicted molar refractivity (Wildman–Crippen MR) is 166 cm³/mol. The van der Waals surface area contributed by atoms with E-state index >= 15 is 0 Å². The molecule has 0 radical (unpaired) electrons. The number of rotatable bonds is 20. The fourth-order valence-electron chi connectivity index (χ4n) is 6.25. The van der Waals surface area contributed by atoms with Crippen LogP contribution in [-0.4, -0.2) is 113 Å². The summed E-state index contributed by atoms with van der Waals surface area (Å²) < 4.78 is 58.2. The maximum Gasteiger partial charge on any atom is 0.258 e. The van der Waals surface area contributed by atoms with E-state index in [0.29, 0.717) is 6.42 Å². The van der Waals surface area contributed by atoms with Gasteiger partial charge < -0.3 is 52.2 Å². The fourth-order valence-corrected chi connectivity index (χ4v) is 10.0. The van der Waals surface area contributed by atoms with Crippen molar-refractivity contribution >= 4 is 18.7 Å². The SMILES string of the molecule is COCOC1[C@H](OCOC)C(OCOC)[C@@H](OCOC)[C@@H](CC(C)(C)[Si](O)(c2ccccc2)c2ccccc2)[C@@H]1OCOC. The second-order valence-corrected chi connectivity index (χ2v) is 15.3. The van der Waals surface area contributed by atoms with E-state index in [9.17, 15) is 4.80 Å². The molecule has 1 aliphatic carbocycles. The van der Waals surface area contributed by atoms with Crippen molar-refractivity contribution in [3.8, 4) is 0 Å². The monoisotopic (exact) mass is 638 g/mol. The van der Waals surface area contributed by atoms with Crippen LogP contribution in [0.15, 0.2) is 60.7 Å². The molecule has 44 heavy (non-hydrogen) atoms. The van der Waals surface area contributed by atoms with Crippen LogP contribution in [-0.2, 0) is 47.4 Å². The van der Waals surface area contributed by atoms with Gasteiger partial charge in [-0.15, -0.1) is 0 Å². The van der Waals surface area contributed by atoms with E-state index < -0.39 is 49.8 Å². The molecule has 0 aromatic heterocycles. The molecule has 0 heterocycles.